The third-order valence-electron chi connectivity index (χ3n) is 3.65. The predicted octanol–water partition coefficient (Wildman–Crippen LogP) is 3.50. The Bertz CT molecular complexity index is 375. The zero-order valence-electron chi connectivity index (χ0n) is 11.0. The largest absolute Gasteiger partial charge is 0.493 e. The molecule has 1 aromatic carbocycles. The number of nitrogens with one attached hydrogen (secondary N) is 1. The molecule has 100 valence electrons. The second kappa shape index (κ2) is 6.74. The number of ether oxygens (including phenoxy) is 1. The van der Waals surface area contributed by atoms with Crippen molar-refractivity contribution in [1.82, 2.24) is 5.32 Å². The van der Waals surface area contributed by atoms with Crippen molar-refractivity contribution in [2.45, 2.75) is 38.6 Å². The molecule has 0 radical (unpaired) electrons. The number of rotatable bonds is 6. The molecule has 1 aliphatic rings. The first-order valence-electron chi connectivity index (χ1n) is 6.85. The monoisotopic (exact) mass is 251 g/mol. The molecule has 0 aliphatic heterocycles. The maximum absolute atomic E-state index is 13.2. The van der Waals surface area contributed by atoms with Crippen molar-refractivity contribution in [3.05, 3.63) is 29.6 Å². The fourth-order valence-electron chi connectivity index (χ4n) is 2.65. The van der Waals surface area contributed by atoms with Crippen LogP contribution in [0, 0.1) is 11.7 Å². The molecule has 1 saturated carbocycles. The highest BCUT2D eigenvalue weighted by molar-refractivity contribution is 5.33. The lowest BCUT2D eigenvalue weighted by molar-refractivity contribution is 0.276. The van der Waals surface area contributed by atoms with Gasteiger partial charge in [-0.2, -0.15) is 0 Å². The van der Waals surface area contributed by atoms with Gasteiger partial charge in [0.25, 0.3) is 0 Å². The Hall–Kier alpha value is -1.09. The van der Waals surface area contributed by atoms with E-state index in [1.807, 2.05) is 7.05 Å². The zero-order chi connectivity index (χ0) is 12.8. The minimum absolute atomic E-state index is 0.205. The van der Waals surface area contributed by atoms with Gasteiger partial charge in [-0.1, -0.05) is 25.7 Å². The van der Waals surface area contributed by atoms with Crippen molar-refractivity contribution in [2.24, 2.45) is 5.92 Å². The smallest absolute Gasteiger partial charge is 0.123 e. The summed E-state index contributed by atoms with van der Waals surface area (Å²) in [6, 6.07) is 4.74. The first-order chi connectivity index (χ1) is 8.79. The van der Waals surface area contributed by atoms with E-state index in [1.54, 1.807) is 12.1 Å². The Kier molecular flexibility index (Phi) is 5.00. The van der Waals surface area contributed by atoms with E-state index in [4.69, 9.17) is 4.74 Å². The van der Waals surface area contributed by atoms with Crippen LogP contribution >= 0.6 is 0 Å². The Balaban J connectivity index is 1.87. The second-order valence-electron chi connectivity index (χ2n) is 5.07. The highest BCUT2D eigenvalue weighted by Crippen LogP contribution is 2.28. The van der Waals surface area contributed by atoms with Gasteiger partial charge in [-0.05, 0) is 37.6 Å². The molecule has 0 saturated heterocycles. The van der Waals surface area contributed by atoms with Crippen LogP contribution in [-0.2, 0) is 6.54 Å². The highest BCUT2D eigenvalue weighted by atomic mass is 19.1. The van der Waals surface area contributed by atoms with Gasteiger partial charge in [-0.3, -0.25) is 0 Å². The number of hydrogen-bond acceptors (Lipinski definition) is 2. The van der Waals surface area contributed by atoms with E-state index in [2.05, 4.69) is 5.32 Å². The summed E-state index contributed by atoms with van der Waals surface area (Å²) < 4.78 is 19.0. The first kappa shape index (κ1) is 13.3. The van der Waals surface area contributed by atoms with Gasteiger partial charge in [0.05, 0.1) is 6.61 Å². The Morgan fingerprint density at radius 3 is 2.83 bits per heavy atom. The lowest BCUT2D eigenvalue weighted by Gasteiger charge is -2.13. The number of benzene rings is 1. The molecule has 1 aromatic rings. The van der Waals surface area contributed by atoms with Gasteiger partial charge in [0, 0.05) is 12.1 Å². The van der Waals surface area contributed by atoms with Gasteiger partial charge in [0.2, 0.25) is 0 Å². The van der Waals surface area contributed by atoms with Crippen LogP contribution in [0.4, 0.5) is 4.39 Å². The van der Waals surface area contributed by atoms with Crippen LogP contribution in [0.3, 0.4) is 0 Å². The molecule has 1 fully saturated rings. The lowest BCUT2D eigenvalue weighted by Crippen LogP contribution is -2.09. The summed E-state index contributed by atoms with van der Waals surface area (Å²) in [7, 11) is 1.85. The van der Waals surface area contributed by atoms with Gasteiger partial charge < -0.3 is 10.1 Å². The van der Waals surface area contributed by atoms with Crippen LogP contribution in [-0.4, -0.2) is 13.7 Å². The average molecular weight is 251 g/mol. The summed E-state index contributed by atoms with van der Waals surface area (Å²) in [5.74, 6) is 1.44. The lowest BCUT2D eigenvalue weighted by atomic mass is 10.1. The first-order valence-corrected chi connectivity index (χ1v) is 6.85. The van der Waals surface area contributed by atoms with Gasteiger partial charge in [-0.25, -0.2) is 4.39 Å². The molecule has 0 bridgehead atoms. The molecular formula is C15H22FNO. The summed E-state index contributed by atoms with van der Waals surface area (Å²) in [6.07, 6.45) is 6.54. The van der Waals surface area contributed by atoms with E-state index in [-0.39, 0.29) is 5.82 Å². The molecule has 3 heteroatoms. The Morgan fingerprint density at radius 1 is 1.33 bits per heavy atom. The van der Waals surface area contributed by atoms with Crippen molar-refractivity contribution in [1.29, 1.82) is 0 Å². The molecule has 0 amide bonds. The van der Waals surface area contributed by atoms with E-state index in [0.717, 1.165) is 30.3 Å². The van der Waals surface area contributed by atoms with Crippen LogP contribution in [0.1, 0.15) is 37.7 Å². The molecule has 0 heterocycles. The average Bonchev–Trinajstić information content (AvgIpc) is 2.85. The zero-order valence-corrected chi connectivity index (χ0v) is 11.0. The molecule has 2 nitrogen and oxygen atoms in total. The molecule has 1 N–H and O–H groups in total. The third kappa shape index (κ3) is 3.70. The van der Waals surface area contributed by atoms with Crippen LogP contribution in [0.2, 0.25) is 0 Å². The third-order valence-corrected chi connectivity index (χ3v) is 3.65. The quantitative estimate of drug-likeness (QED) is 0.835. The standard InChI is InChI=1S/C15H22FNO/c1-17-11-13-10-14(16)6-7-15(13)18-9-8-12-4-2-3-5-12/h6-7,10,12,17H,2-5,8-9,11H2,1H3. The molecular weight excluding hydrogens is 229 g/mol. The minimum atomic E-state index is -0.205. The Morgan fingerprint density at radius 2 is 2.11 bits per heavy atom. The van der Waals surface area contributed by atoms with Crippen molar-refractivity contribution < 1.29 is 9.13 Å². The molecule has 2 rings (SSSR count). The van der Waals surface area contributed by atoms with Crippen LogP contribution in [0.15, 0.2) is 18.2 Å². The Labute approximate surface area is 109 Å². The van der Waals surface area contributed by atoms with E-state index in [9.17, 15) is 4.39 Å². The fraction of sp³-hybridized carbons (Fsp3) is 0.600. The van der Waals surface area contributed by atoms with Crippen molar-refractivity contribution in [3.63, 3.8) is 0 Å². The summed E-state index contributed by atoms with van der Waals surface area (Å²) in [5, 5.41) is 3.04. The molecule has 0 atom stereocenters. The predicted molar refractivity (Wildman–Crippen MR) is 71.2 cm³/mol. The minimum Gasteiger partial charge on any atom is -0.493 e. The maximum atomic E-state index is 13.2. The number of hydrogen-bond donors (Lipinski definition) is 1. The summed E-state index contributed by atoms with van der Waals surface area (Å²) >= 11 is 0. The van der Waals surface area contributed by atoms with Gasteiger partial charge in [0.15, 0.2) is 0 Å². The molecule has 18 heavy (non-hydrogen) atoms. The van der Waals surface area contributed by atoms with E-state index in [1.165, 1.54) is 31.7 Å². The van der Waals surface area contributed by atoms with E-state index < -0.39 is 0 Å². The fourth-order valence-corrected chi connectivity index (χ4v) is 2.65. The van der Waals surface area contributed by atoms with Gasteiger partial charge in [0.1, 0.15) is 11.6 Å². The van der Waals surface area contributed by atoms with E-state index in [0.29, 0.717) is 6.54 Å². The molecule has 0 spiro atoms. The summed E-state index contributed by atoms with van der Waals surface area (Å²) in [4.78, 5) is 0. The van der Waals surface area contributed by atoms with Gasteiger partial charge >= 0.3 is 0 Å². The van der Waals surface area contributed by atoms with Crippen LogP contribution in [0.5, 0.6) is 5.75 Å². The SMILES string of the molecule is CNCc1cc(F)ccc1OCCC1CCCC1. The van der Waals surface area contributed by atoms with Crippen LogP contribution in [0.25, 0.3) is 0 Å². The summed E-state index contributed by atoms with van der Waals surface area (Å²) in [6.45, 7) is 1.38. The van der Waals surface area contributed by atoms with Crippen LogP contribution < -0.4 is 10.1 Å². The second-order valence-corrected chi connectivity index (χ2v) is 5.07. The molecule has 0 unspecified atom stereocenters. The normalized spacial score (nSPS) is 16.1. The van der Waals surface area contributed by atoms with Crippen molar-refractivity contribution >= 4 is 0 Å². The highest BCUT2D eigenvalue weighted by Gasteiger charge is 2.15. The molecule has 0 aromatic heterocycles. The topological polar surface area (TPSA) is 21.3 Å². The van der Waals surface area contributed by atoms with Crippen molar-refractivity contribution in [2.75, 3.05) is 13.7 Å². The van der Waals surface area contributed by atoms with E-state index >= 15 is 0 Å². The van der Waals surface area contributed by atoms with Crippen molar-refractivity contribution in [3.8, 4) is 5.75 Å². The van der Waals surface area contributed by atoms with Gasteiger partial charge in [-0.15, -0.1) is 0 Å². The maximum Gasteiger partial charge on any atom is 0.123 e. The summed E-state index contributed by atoms with van der Waals surface area (Å²) in [5.41, 5.74) is 0.893. The molecule has 1 aliphatic carbocycles. The number of halogens is 1.